The topological polar surface area (TPSA) is 44.8 Å². The molecule has 3 aromatic rings. The number of hydrogen-bond donors (Lipinski definition) is 0. The Morgan fingerprint density at radius 2 is 1.56 bits per heavy atom. The van der Waals surface area contributed by atoms with Gasteiger partial charge < -0.3 is 14.2 Å². The highest BCUT2D eigenvalue weighted by Gasteiger charge is 2.31. The van der Waals surface area contributed by atoms with Crippen LogP contribution in [0.5, 0.6) is 0 Å². The van der Waals surface area contributed by atoms with Crippen LogP contribution >= 0.6 is 7.92 Å². The van der Waals surface area contributed by atoms with E-state index in [1.165, 1.54) is 10.6 Å². The quantitative estimate of drug-likeness (QED) is 0.308. The SMILES string of the molecule is CC1(C)OC[C@H](/C=C\COC(=O)c2ccccc2P(c2ccccc2)c2ccccc2)O1. The van der Waals surface area contributed by atoms with Gasteiger partial charge in [-0.05, 0) is 49.8 Å². The molecule has 1 saturated heterocycles. The van der Waals surface area contributed by atoms with Crippen LogP contribution in [-0.4, -0.2) is 31.1 Å². The van der Waals surface area contributed by atoms with Gasteiger partial charge in [-0.3, -0.25) is 0 Å². The molecule has 0 aliphatic carbocycles. The van der Waals surface area contributed by atoms with Crippen LogP contribution in [0.1, 0.15) is 24.2 Å². The summed E-state index contributed by atoms with van der Waals surface area (Å²) >= 11 is 0. The van der Waals surface area contributed by atoms with Crippen LogP contribution < -0.4 is 15.9 Å². The number of benzene rings is 3. The van der Waals surface area contributed by atoms with E-state index in [1.807, 2.05) is 86.7 Å². The van der Waals surface area contributed by atoms with Crippen molar-refractivity contribution >= 4 is 29.8 Å². The maximum atomic E-state index is 13.0. The molecule has 4 rings (SSSR count). The van der Waals surface area contributed by atoms with E-state index in [-0.39, 0.29) is 18.7 Å². The summed E-state index contributed by atoms with van der Waals surface area (Å²) in [4.78, 5) is 13.0. The van der Waals surface area contributed by atoms with Crippen molar-refractivity contribution < 1.29 is 19.0 Å². The molecule has 1 fully saturated rings. The third kappa shape index (κ3) is 5.52. The Hall–Kier alpha value is -2.78. The van der Waals surface area contributed by atoms with Crippen LogP contribution in [0.3, 0.4) is 0 Å². The van der Waals surface area contributed by atoms with Gasteiger partial charge in [0.05, 0.1) is 12.2 Å². The van der Waals surface area contributed by atoms with E-state index >= 15 is 0 Å². The van der Waals surface area contributed by atoms with E-state index in [1.54, 1.807) is 0 Å². The van der Waals surface area contributed by atoms with Crippen LogP contribution in [0.15, 0.2) is 97.1 Å². The Kier molecular flexibility index (Phi) is 7.16. The average Bonchev–Trinajstić information content (AvgIpc) is 3.17. The normalized spacial score (nSPS) is 17.7. The van der Waals surface area contributed by atoms with Crippen molar-refractivity contribution in [1.29, 1.82) is 0 Å². The fourth-order valence-electron chi connectivity index (χ4n) is 3.64. The van der Waals surface area contributed by atoms with E-state index < -0.39 is 13.7 Å². The molecule has 4 nitrogen and oxygen atoms in total. The zero-order valence-corrected chi connectivity index (χ0v) is 19.2. The van der Waals surface area contributed by atoms with Gasteiger partial charge in [0, 0.05) is 0 Å². The summed E-state index contributed by atoms with van der Waals surface area (Å²) < 4.78 is 16.9. The summed E-state index contributed by atoms with van der Waals surface area (Å²) in [5.41, 5.74) is 0.598. The Morgan fingerprint density at radius 1 is 0.969 bits per heavy atom. The predicted molar refractivity (Wildman–Crippen MR) is 129 cm³/mol. The van der Waals surface area contributed by atoms with Crippen molar-refractivity contribution in [1.82, 2.24) is 0 Å². The van der Waals surface area contributed by atoms with E-state index in [9.17, 15) is 4.79 Å². The Bertz CT molecular complexity index is 1020. The molecular weight excluding hydrogens is 419 g/mol. The second kappa shape index (κ2) is 10.2. The van der Waals surface area contributed by atoms with Gasteiger partial charge in [-0.2, -0.15) is 0 Å². The number of ether oxygens (including phenoxy) is 3. The molecule has 164 valence electrons. The lowest BCUT2D eigenvalue weighted by atomic mass is 10.2. The third-order valence-corrected chi connectivity index (χ3v) is 7.59. The first-order chi connectivity index (χ1) is 15.5. The molecule has 0 spiro atoms. The summed E-state index contributed by atoms with van der Waals surface area (Å²) in [5.74, 6) is -0.898. The number of carbonyl (C=O) groups is 1. The lowest BCUT2D eigenvalue weighted by molar-refractivity contribution is -0.133. The molecule has 32 heavy (non-hydrogen) atoms. The summed E-state index contributed by atoms with van der Waals surface area (Å²) in [6.07, 6.45) is 3.57. The molecule has 0 bridgehead atoms. The number of esters is 1. The van der Waals surface area contributed by atoms with Gasteiger partial charge in [0.25, 0.3) is 0 Å². The molecule has 1 aliphatic heterocycles. The van der Waals surface area contributed by atoms with Crippen LogP contribution in [0.2, 0.25) is 0 Å². The summed E-state index contributed by atoms with van der Waals surface area (Å²) in [5, 5.41) is 3.37. The lowest BCUT2D eigenvalue weighted by Gasteiger charge is -2.21. The summed E-state index contributed by atoms with van der Waals surface area (Å²) in [7, 11) is -0.891. The van der Waals surface area contributed by atoms with Crippen molar-refractivity contribution in [2.75, 3.05) is 13.2 Å². The molecule has 0 amide bonds. The van der Waals surface area contributed by atoms with Crippen molar-refractivity contribution in [2.45, 2.75) is 25.7 Å². The summed E-state index contributed by atoms with van der Waals surface area (Å²) in [6.45, 7) is 4.45. The lowest BCUT2D eigenvalue weighted by Crippen LogP contribution is -2.26. The molecule has 0 unspecified atom stereocenters. The first-order valence-electron chi connectivity index (χ1n) is 10.7. The maximum Gasteiger partial charge on any atom is 0.339 e. The zero-order valence-electron chi connectivity index (χ0n) is 18.3. The molecule has 0 radical (unpaired) electrons. The molecular formula is C27H27O4P. The van der Waals surface area contributed by atoms with Gasteiger partial charge in [0.2, 0.25) is 0 Å². The number of rotatable bonds is 7. The predicted octanol–water partition coefficient (Wildman–Crippen LogP) is 4.31. The molecule has 1 heterocycles. The standard InChI is InChI=1S/C27H27O4P/c1-27(2)30-20-21(31-27)12-11-19-29-26(28)24-17-9-10-18-25(24)32(22-13-5-3-6-14-22)23-15-7-4-8-16-23/h3-18,21H,19-20H2,1-2H3/b12-11-/t21-/m0/s1. The fraction of sp³-hybridized carbons (Fsp3) is 0.222. The molecule has 1 atom stereocenters. The highest BCUT2D eigenvalue weighted by Crippen LogP contribution is 2.34. The van der Waals surface area contributed by atoms with Gasteiger partial charge in [0.1, 0.15) is 12.7 Å². The molecule has 1 aliphatic rings. The van der Waals surface area contributed by atoms with Gasteiger partial charge in [-0.15, -0.1) is 0 Å². The van der Waals surface area contributed by atoms with Gasteiger partial charge >= 0.3 is 5.97 Å². The Morgan fingerprint density at radius 3 is 2.16 bits per heavy atom. The Labute approximate surface area is 190 Å². The second-order valence-electron chi connectivity index (χ2n) is 7.92. The minimum Gasteiger partial charge on any atom is -0.458 e. The van der Waals surface area contributed by atoms with Crippen LogP contribution in [0.4, 0.5) is 0 Å². The van der Waals surface area contributed by atoms with Crippen molar-refractivity contribution in [3.05, 3.63) is 103 Å². The van der Waals surface area contributed by atoms with Crippen molar-refractivity contribution in [3.63, 3.8) is 0 Å². The minimum absolute atomic E-state index is 0.125. The highest BCUT2D eigenvalue weighted by atomic mass is 31.1. The maximum absolute atomic E-state index is 13.0. The first-order valence-corrected chi connectivity index (χ1v) is 12.0. The smallest absolute Gasteiger partial charge is 0.339 e. The monoisotopic (exact) mass is 446 g/mol. The molecule has 0 aromatic heterocycles. The van der Waals surface area contributed by atoms with Crippen molar-refractivity contribution in [3.8, 4) is 0 Å². The fourth-order valence-corrected chi connectivity index (χ4v) is 6.08. The van der Waals surface area contributed by atoms with Crippen LogP contribution in [0, 0.1) is 0 Å². The average molecular weight is 446 g/mol. The zero-order chi connectivity index (χ0) is 22.4. The van der Waals surface area contributed by atoms with Crippen LogP contribution in [0.25, 0.3) is 0 Å². The Balaban J connectivity index is 1.54. The summed E-state index contributed by atoms with van der Waals surface area (Å²) in [6, 6.07) is 28.4. The van der Waals surface area contributed by atoms with E-state index in [2.05, 4.69) is 24.3 Å². The highest BCUT2D eigenvalue weighted by molar-refractivity contribution is 7.80. The van der Waals surface area contributed by atoms with Gasteiger partial charge in [0.15, 0.2) is 5.79 Å². The minimum atomic E-state index is -0.891. The number of carbonyl (C=O) groups excluding carboxylic acids is 1. The van der Waals surface area contributed by atoms with E-state index in [0.29, 0.717) is 12.2 Å². The largest absolute Gasteiger partial charge is 0.458 e. The molecule has 0 saturated carbocycles. The first kappa shape index (κ1) is 22.4. The van der Waals surface area contributed by atoms with Crippen molar-refractivity contribution in [2.24, 2.45) is 0 Å². The molecule has 0 N–H and O–H groups in total. The van der Waals surface area contributed by atoms with E-state index in [4.69, 9.17) is 14.2 Å². The third-order valence-electron chi connectivity index (χ3n) is 5.09. The van der Waals surface area contributed by atoms with Gasteiger partial charge in [-0.25, -0.2) is 4.79 Å². The second-order valence-corrected chi connectivity index (χ2v) is 10.1. The molecule has 3 aromatic carbocycles. The van der Waals surface area contributed by atoms with E-state index in [0.717, 1.165) is 5.30 Å². The number of hydrogen-bond acceptors (Lipinski definition) is 4. The van der Waals surface area contributed by atoms with Gasteiger partial charge in [-0.1, -0.05) is 84.9 Å². The molecule has 5 heteroatoms. The van der Waals surface area contributed by atoms with Crippen LogP contribution in [-0.2, 0) is 14.2 Å².